The number of H-pyrrole nitrogens is 1. The molecule has 1 aliphatic heterocycles. The maximum Gasteiger partial charge on any atom is 0.262 e. The number of nitrogens with one attached hydrogen (secondary N) is 1. The molecule has 0 bridgehead atoms. The van der Waals surface area contributed by atoms with Crippen LogP contribution in [0.4, 0.5) is 0 Å². The molecule has 1 saturated carbocycles. The fraction of sp³-hybridized carbons (Fsp3) is 0.476. The van der Waals surface area contributed by atoms with Gasteiger partial charge in [0.05, 0.1) is 18.9 Å². The average Bonchev–Trinajstić information content (AvgIpc) is 3.46. The van der Waals surface area contributed by atoms with Gasteiger partial charge in [0.25, 0.3) is 5.56 Å². The normalized spacial score (nSPS) is 20.4. The van der Waals surface area contributed by atoms with E-state index in [2.05, 4.69) is 41.0 Å². The summed E-state index contributed by atoms with van der Waals surface area (Å²) in [4.78, 5) is 20.1. The van der Waals surface area contributed by atoms with Crippen molar-refractivity contribution in [1.29, 1.82) is 0 Å². The van der Waals surface area contributed by atoms with E-state index in [0.29, 0.717) is 49.0 Å². The lowest BCUT2D eigenvalue weighted by Crippen LogP contribution is -2.16. The molecular formula is C21H24N4O3. The van der Waals surface area contributed by atoms with Crippen LogP contribution >= 0.6 is 0 Å². The number of rotatable bonds is 3. The molecule has 7 heteroatoms. The standard InChI is InChI=1S/C21H24N4O3/c1-12-9-15(14-3-4-14)10-13(2)18(12)25-11-16-19(24-25)22-20(23-21(16)26)17-5-6-27-7-8-28-17/h9-11,14,17H,3-8H2,1-2H3,(H,22,23,24,26). The zero-order valence-electron chi connectivity index (χ0n) is 16.2. The van der Waals surface area contributed by atoms with E-state index in [1.54, 1.807) is 10.9 Å². The third-order valence-corrected chi connectivity index (χ3v) is 5.57. The first-order valence-electron chi connectivity index (χ1n) is 9.90. The first kappa shape index (κ1) is 17.6. The maximum absolute atomic E-state index is 12.7. The molecule has 2 fully saturated rings. The van der Waals surface area contributed by atoms with Crippen LogP contribution < -0.4 is 5.56 Å². The van der Waals surface area contributed by atoms with Crippen LogP contribution in [0.1, 0.15) is 53.8 Å². The van der Waals surface area contributed by atoms with Crippen LogP contribution in [0.2, 0.25) is 0 Å². The molecule has 3 heterocycles. The van der Waals surface area contributed by atoms with E-state index in [-0.39, 0.29) is 11.7 Å². The molecule has 5 rings (SSSR count). The summed E-state index contributed by atoms with van der Waals surface area (Å²) in [5, 5.41) is 5.12. The molecule has 1 unspecified atom stereocenters. The number of aromatic amines is 1. The van der Waals surface area contributed by atoms with Crippen molar-refractivity contribution >= 4 is 11.0 Å². The SMILES string of the molecule is Cc1cc(C2CC2)cc(C)c1-n1cc2c(=O)[nH]c(C3CCOCCO3)nc2n1. The van der Waals surface area contributed by atoms with E-state index in [1.807, 2.05) is 0 Å². The number of aryl methyl sites for hydroxylation is 2. The Morgan fingerprint density at radius 1 is 1.11 bits per heavy atom. The van der Waals surface area contributed by atoms with E-state index in [0.717, 1.165) is 16.8 Å². The first-order chi connectivity index (χ1) is 13.6. The second kappa shape index (κ2) is 6.83. The molecule has 2 aromatic heterocycles. The van der Waals surface area contributed by atoms with Crippen molar-refractivity contribution in [3.05, 3.63) is 51.2 Å². The van der Waals surface area contributed by atoms with E-state index < -0.39 is 0 Å². The van der Waals surface area contributed by atoms with Crippen LogP contribution in [0.15, 0.2) is 23.1 Å². The molecule has 7 nitrogen and oxygen atoms in total. The van der Waals surface area contributed by atoms with Crippen LogP contribution in [-0.2, 0) is 9.47 Å². The molecule has 0 radical (unpaired) electrons. The van der Waals surface area contributed by atoms with Crippen molar-refractivity contribution < 1.29 is 9.47 Å². The van der Waals surface area contributed by atoms with Gasteiger partial charge in [0.1, 0.15) is 17.3 Å². The molecule has 0 amide bonds. The molecule has 3 aromatic rings. The predicted molar refractivity (Wildman–Crippen MR) is 105 cm³/mol. The monoisotopic (exact) mass is 380 g/mol. The van der Waals surface area contributed by atoms with E-state index in [4.69, 9.17) is 9.47 Å². The molecule has 146 valence electrons. The number of nitrogens with zero attached hydrogens (tertiary/aromatic N) is 3. The summed E-state index contributed by atoms with van der Waals surface area (Å²) in [6, 6.07) is 4.49. The van der Waals surface area contributed by atoms with Crippen LogP contribution in [0.3, 0.4) is 0 Å². The van der Waals surface area contributed by atoms with Crippen molar-refractivity contribution in [3.63, 3.8) is 0 Å². The number of hydrogen-bond donors (Lipinski definition) is 1. The minimum absolute atomic E-state index is 0.190. The molecule has 28 heavy (non-hydrogen) atoms. The maximum atomic E-state index is 12.7. The van der Waals surface area contributed by atoms with Gasteiger partial charge in [0, 0.05) is 19.2 Å². The van der Waals surface area contributed by atoms with E-state index in [9.17, 15) is 4.79 Å². The third kappa shape index (κ3) is 3.14. The van der Waals surface area contributed by atoms with Crippen LogP contribution in [0, 0.1) is 13.8 Å². The second-order valence-electron chi connectivity index (χ2n) is 7.80. The molecule has 2 aliphatic rings. The van der Waals surface area contributed by atoms with Gasteiger partial charge in [-0.05, 0) is 49.3 Å². The van der Waals surface area contributed by atoms with Crippen molar-refractivity contribution in [3.8, 4) is 5.69 Å². The Morgan fingerprint density at radius 2 is 1.89 bits per heavy atom. The summed E-state index contributed by atoms with van der Waals surface area (Å²) in [6.07, 6.45) is 4.72. The number of hydrogen-bond acceptors (Lipinski definition) is 5. The van der Waals surface area contributed by atoms with Gasteiger partial charge >= 0.3 is 0 Å². The van der Waals surface area contributed by atoms with Gasteiger partial charge in [0.15, 0.2) is 5.65 Å². The molecule has 0 spiro atoms. The predicted octanol–water partition coefficient (Wildman–Crippen LogP) is 3.08. The highest BCUT2D eigenvalue weighted by Crippen LogP contribution is 2.41. The van der Waals surface area contributed by atoms with Gasteiger partial charge in [-0.2, -0.15) is 0 Å². The van der Waals surface area contributed by atoms with E-state index in [1.165, 1.54) is 18.4 Å². The Bertz CT molecular complexity index is 1070. The first-order valence-corrected chi connectivity index (χ1v) is 9.90. The largest absolute Gasteiger partial charge is 0.379 e. The molecule has 1 N–H and O–H groups in total. The highest BCUT2D eigenvalue weighted by molar-refractivity contribution is 5.73. The van der Waals surface area contributed by atoms with Gasteiger partial charge in [-0.25, -0.2) is 9.67 Å². The van der Waals surface area contributed by atoms with Crippen molar-refractivity contribution in [2.45, 2.75) is 45.1 Å². The lowest BCUT2D eigenvalue weighted by atomic mass is 10.0. The quantitative estimate of drug-likeness (QED) is 0.755. The number of ether oxygens (including phenoxy) is 2. The number of benzene rings is 1. The average molecular weight is 380 g/mol. The summed E-state index contributed by atoms with van der Waals surface area (Å²) in [6.45, 7) is 5.85. The van der Waals surface area contributed by atoms with Crippen LogP contribution in [-0.4, -0.2) is 39.6 Å². The molecular weight excluding hydrogens is 356 g/mol. The molecule has 1 saturated heterocycles. The van der Waals surface area contributed by atoms with Crippen LogP contribution in [0.25, 0.3) is 16.7 Å². The smallest absolute Gasteiger partial charge is 0.262 e. The highest BCUT2D eigenvalue weighted by atomic mass is 16.5. The molecule has 1 atom stereocenters. The number of fused-ring (bicyclic) bond motifs is 1. The summed E-state index contributed by atoms with van der Waals surface area (Å²) in [7, 11) is 0. The Balaban J connectivity index is 1.56. The second-order valence-corrected chi connectivity index (χ2v) is 7.80. The zero-order valence-corrected chi connectivity index (χ0v) is 16.2. The fourth-order valence-electron chi connectivity index (χ4n) is 4.04. The Labute approximate surface area is 162 Å². The molecule has 1 aromatic carbocycles. The van der Waals surface area contributed by atoms with Crippen molar-refractivity contribution in [1.82, 2.24) is 19.7 Å². The van der Waals surface area contributed by atoms with Crippen molar-refractivity contribution in [2.24, 2.45) is 0 Å². The van der Waals surface area contributed by atoms with Gasteiger partial charge in [-0.3, -0.25) is 4.79 Å². The summed E-state index contributed by atoms with van der Waals surface area (Å²) in [5.74, 6) is 1.23. The number of aromatic nitrogens is 4. The van der Waals surface area contributed by atoms with E-state index >= 15 is 0 Å². The van der Waals surface area contributed by atoms with Gasteiger partial charge < -0.3 is 14.5 Å². The fourth-order valence-corrected chi connectivity index (χ4v) is 4.04. The highest BCUT2D eigenvalue weighted by Gasteiger charge is 2.25. The summed E-state index contributed by atoms with van der Waals surface area (Å²) < 4.78 is 13.0. The minimum Gasteiger partial charge on any atom is -0.379 e. The lowest BCUT2D eigenvalue weighted by molar-refractivity contribution is 0.0486. The minimum atomic E-state index is -0.272. The van der Waals surface area contributed by atoms with Crippen molar-refractivity contribution in [2.75, 3.05) is 19.8 Å². The summed E-state index contributed by atoms with van der Waals surface area (Å²) >= 11 is 0. The van der Waals surface area contributed by atoms with Crippen LogP contribution in [0.5, 0.6) is 0 Å². The van der Waals surface area contributed by atoms with Gasteiger partial charge in [0.2, 0.25) is 0 Å². The Morgan fingerprint density at radius 3 is 2.64 bits per heavy atom. The molecule has 1 aliphatic carbocycles. The zero-order chi connectivity index (χ0) is 19.3. The Kier molecular flexibility index (Phi) is 4.29. The Hall–Kier alpha value is -2.51. The third-order valence-electron chi connectivity index (χ3n) is 5.57. The topological polar surface area (TPSA) is 82.0 Å². The van der Waals surface area contributed by atoms with Gasteiger partial charge in [-0.1, -0.05) is 12.1 Å². The summed E-state index contributed by atoms with van der Waals surface area (Å²) in [5.41, 5.74) is 5.00. The lowest BCUT2D eigenvalue weighted by Gasteiger charge is -2.12. The van der Waals surface area contributed by atoms with Gasteiger partial charge in [-0.15, -0.1) is 5.10 Å².